The predicted octanol–water partition coefficient (Wildman–Crippen LogP) is 4.17. The molecule has 1 unspecified atom stereocenters. The smallest absolute Gasteiger partial charge is 0.402 e. The molecule has 260 valence electrons. The van der Waals surface area contributed by atoms with E-state index in [1.54, 1.807) is 113 Å². The maximum atomic E-state index is 13.9. The summed E-state index contributed by atoms with van der Waals surface area (Å²) >= 11 is 0. The van der Waals surface area contributed by atoms with Gasteiger partial charge in [-0.05, 0) is 88.6 Å². The molecule has 1 rings (SSSR count). The Morgan fingerprint density at radius 1 is 0.630 bits per heavy atom. The number of ether oxygens (including phenoxy) is 4. The topological polar surface area (TPSA) is 155 Å². The zero-order valence-corrected chi connectivity index (χ0v) is 29.6. The van der Waals surface area contributed by atoms with Crippen LogP contribution in [-0.4, -0.2) is 99.4 Å². The van der Waals surface area contributed by atoms with Gasteiger partial charge in [-0.2, -0.15) is 0 Å². The predicted molar refractivity (Wildman–Crippen MR) is 171 cm³/mol. The van der Waals surface area contributed by atoms with Gasteiger partial charge in [0, 0.05) is 13.1 Å². The van der Waals surface area contributed by atoms with Gasteiger partial charge in [-0.3, -0.25) is 29.4 Å². The number of esters is 4. The Morgan fingerprint density at radius 2 is 1.02 bits per heavy atom. The first kappa shape index (κ1) is 40.4. The molecule has 0 bridgehead atoms. The molecule has 0 fully saturated rings. The van der Waals surface area contributed by atoms with Crippen LogP contribution in [0.4, 0.5) is 0 Å². The molecule has 0 aliphatic rings. The maximum Gasteiger partial charge on any atom is 0.402 e. The molecular formula is C33H53N3O10. The molecule has 46 heavy (non-hydrogen) atoms. The van der Waals surface area contributed by atoms with Crippen molar-refractivity contribution in [2.45, 2.75) is 118 Å². The van der Waals surface area contributed by atoms with E-state index in [2.05, 4.69) is 0 Å². The summed E-state index contributed by atoms with van der Waals surface area (Å²) in [5.74, 6) is -3.29. The van der Waals surface area contributed by atoms with E-state index in [0.717, 1.165) is 4.90 Å². The summed E-state index contributed by atoms with van der Waals surface area (Å²) in [6, 6.07) is 8.35. The van der Waals surface area contributed by atoms with Gasteiger partial charge in [0.25, 0.3) is 0 Å². The van der Waals surface area contributed by atoms with Crippen molar-refractivity contribution in [1.29, 1.82) is 0 Å². The third-order valence-corrected chi connectivity index (χ3v) is 5.82. The molecular weight excluding hydrogens is 598 g/mol. The van der Waals surface area contributed by atoms with Gasteiger partial charge >= 0.3 is 29.5 Å². The molecule has 0 saturated heterocycles. The SMILES string of the molecule is CC(C)(C)OC(=O)CN(CCN(CC(=O)OC(C)(C)C)C(Cc1ccccc1)(C(=O)OC(C)(C)C)[N+](=O)[O-])CC(=O)OC(C)(C)C. The molecule has 1 aromatic carbocycles. The van der Waals surface area contributed by atoms with E-state index in [4.69, 9.17) is 18.9 Å². The number of hydrogen-bond donors (Lipinski definition) is 0. The van der Waals surface area contributed by atoms with Crippen molar-refractivity contribution in [3.05, 3.63) is 46.0 Å². The molecule has 0 N–H and O–H groups in total. The molecule has 0 amide bonds. The van der Waals surface area contributed by atoms with Gasteiger partial charge in [0.15, 0.2) is 0 Å². The summed E-state index contributed by atoms with van der Waals surface area (Å²) in [7, 11) is 0. The van der Waals surface area contributed by atoms with E-state index in [-0.39, 0.29) is 26.2 Å². The maximum absolute atomic E-state index is 13.9. The van der Waals surface area contributed by atoms with Gasteiger partial charge in [0.05, 0.1) is 24.4 Å². The molecule has 1 atom stereocenters. The number of carbonyl (C=O) groups is 4. The summed E-state index contributed by atoms with van der Waals surface area (Å²) in [5, 5.41) is 13.1. The van der Waals surface area contributed by atoms with Crippen LogP contribution in [-0.2, 0) is 44.5 Å². The van der Waals surface area contributed by atoms with Gasteiger partial charge in [-0.15, -0.1) is 0 Å². The second-order valence-corrected chi connectivity index (χ2v) is 15.1. The third-order valence-electron chi connectivity index (χ3n) is 5.82. The lowest BCUT2D eigenvalue weighted by Gasteiger charge is -2.37. The van der Waals surface area contributed by atoms with Gasteiger partial charge in [-0.25, -0.2) is 9.69 Å². The van der Waals surface area contributed by atoms with E-state index >= 15 is 0 Å². The van der Waals surface area contributed by atoms with Crippen molar-refractivity contribution in [2.75, 3.05) is 32.7 Å². The van der Waals surface area contributed by atoms with Crippen LogP contribution in [0.1, 0.15) is 88.6 Å². The van der Waals surface area contributed by atoms with Crippen LogP contribution in [0.5, 0.6) is 0 Å². The van der Waals surface area contributed by atoms with Crippen LogP contribution in [0.2, 0.25) is 0 Å². The van der Waals surface area contributed by atoms with Gasteiger partial charge < -0.3 is 18.9 Å². The Hall–Kier alpha value is -3.58. The molecule has 0 heterocycles. The number of hydrogen-bond acceptors (Lipinski definition) is 12. The van der Waals surface area contributed by atoms with Crippen molar-refractivity contribution in [3.63, 3.8) is 0 Å². The Labute approximate surface area is 273 Å². The Morgan fingerprint density at radius 3 is 1.39 bits per heavy atom. The second kappa shape index (κ2) is 15.8. The number of rotatable bonds is 14. The summed E-state index contributed by atoms with van der Waals surface area (Å²) in [5.41, 5.74) is -5.81. The highest BCUT2D eigenvalue weighted by Gasteiger charge is 2.59. The quantitative estimate of drug-likeness (QED) is 0.0932. The average molecular weight is 652 g/mol. The van der Waals surface area contributed by atoms with E-state index in [1.165, 1.54) is 4.90 Å². The third kappa shape index (κ3) is 15.1. The zero-order chi connectivity index (χ0) is 35.7. The molecule has 0 spiro atoms. The lowest BCUT2D eigenvalue weighted by molar-refractivity contribution is -0.585. The van der Waals surface area contributed by atoms with Crippen LogP contribution in [0.3, 0.4) is 0 Å². The monoisotopic (exact) mass is 651 g/mol. The van der Waals surface area contributed by atoms with Gasteiger partial charge in [0.2, 0.25) is 0 Å². The van der Waals surface area contributed by atoms with E-state index < -0.39 is 69.8 Å². The normalized spacial score (nSPS) is 14.0. The lowest BCUT2D eigenvalue weighted by Crippen LogP contribution is -2.65. The molecule has 0 aromatic heterocycles. The number of benzene rings is 1. The first-order valence-corrected chi connectivity index (χ1v) is 15.3. The second-order valence-electron chi connectivity index (χ2n) is 15.1. The van der Waals surface area contributed by atoms with Crippen LogP contribution in [0.25, 0.3) is 0 Å². The van der Waals surface area contributed by atoms with Gasteiger partial charge in [0.1, 0.15) is 28.9 Å². The highest BCUT2D eigenvalue weighted by molar-refractivity contribution is 5.81. The number of nitrogens with zero attached hydrogens (tertiary/aromatic N) is 3. The standard InChI is InChI=1S/C33H53N3O10/c1-29(2,3)43-25(37)21-34(22-26(38)44-30(4,5)6)18-19-35(23-27(39)45-31(7,8)9)33(36(41)42,28(40)46-32(10,11)12)20-24-16-14-13-15-17-24/h13-17H,18-23H2,1-12H3. The van der Waals surface area contributed by atoms with Crippen LogP contribution < -0.4 is 0 Å². The highest BCUT2D eigenvalue weighted by Crippen LogP contribution is 2.28. The van der Waals surface area contributed by atoms with E-state index in [0.29, 0.717) is 5.56 Å². The molecule has 1 aromatic rings. The van der Waals surface area contributed by atoms with E-state index in [1.807, 2.05) is 0 Å². The first-order valence-electron chi connectivity index (χ1n) is 15.3. The number of nitro groups is 1. The van der Waals surface area contributed by atoms with Crippen molar-refractivity contribution < 1.29 is 43.0 Å². The fourth-order valence-corrected chi connectivity index (χ4v) is 4.32. The fraction of sp³-hybridized carbons (Fsp3) is 0.697. The van der Waals surface area contributed by atoms with Crippen LogP contribution in [0, 0.1) is 10.1 Å². The minimum absolute atomic E-state index is 0.172. The van der Waals surface area contributed by atoms with E-state index in [9.17, 15) is 29.3 Å². The highest BCUT2D eigenvalue weighted by atomic mass is 16.6. The Bertz CT molecular complexity index is 1180. The summed E-state index contributed by atoms with van der Waals surface area (Å²) < 4.78 is 22.0. The minimum atomic E-state index is -2.59. The molecule has 0 aliphatic carbocycles. The fourth-order valence-electron chi connectivity index (χ4n) is 4.32. The van der Waals surface area contributed by atoms with Crippen LogP contribution >= 0.6 is 0 Å². The van der Waals surface area contributed by atoms with Crippen LogP contribution in [0.15, 0.2) is 30.3 Å². The lowest BCUT2D eigenvalue weighted by atomic mass is 9.97. The summed E-state index contributed by atoms with van der Waals surface area (Å²) in [6.07, 6.45) is -0.448. The molecule has 0 radical (unpaired) electrons. The molecule has 0 saturated carbocycles. The zero-order valence-electron chi connectivity index (χ0n) is 29.6. The number of carbonyl (C=O) groups excluding carboxylic acids is 4. The average Bonchev–Trinajstić information content (AvgIpc) is 2.80. The summed E-state index contributed by atoms with van der Waals surface area (Å²) in [4.78, 5) is 67.7. The van der Waals surface area contributed by atoms with Crippen molar-refractivity contribution in [1.82, 2.24) is 9.80 Å². The molecule has 13 heteroatoms. The largest absolute Gasteiger partial charge is 0.459 e. The Balaban J connectivity index is 3.71. The van der Waals surface area contributed by atoms with Crippen molar-refractivity contribution >= 4 is 23.9 Å². The molecule has 0 aliphatic heterocycles. The van der Waals surface area contributed by atoms with Crippen molar-refractivity contribution in [3.8, 4) is 0 Å². The van der Waals surface area contributed by atoms with Crippen molar-refractivity contribution in [2.24, 2.45) is 0 Å². The molecule has 13 nitrogen and oxygen atoms in total. The summed E-state index contributed by atoms with van der Waals surface area (Å²) in [6.45, 7) is 18.0. The first-order chi connectivity index (χ1) is 20.7. The Kier molecular flexibility index (Phi) is 13.9. The van der Waals surface area contributed by atoms with Gasteiger partial charge in [-0.1, -0.05) is 30.3 Å². The minimum Gasteiger partial charge on any atom is -0.459 e.